The van der Waals surface area contributed by atoms with Crippen molar-refractivity contribution >= 4 is 35.7 Å². The summed E-state index contributed by atoms with van der Waals surface area (Å²) in [5.74, 6) is 0.701. The first-order chi connectivity index (χ1) is 13.6. The number of hydrogen-bond donors (Lipinski definition) is 3. The molecule has 1 unspecified atom stereocenters. The number of halogens is 2. The van der Waals surface area contributed by atoms with Gasteiger partial charge >= 0.3 is 0 Å². The number of aryl methyl sites for hydroxylation is 1. The van der Waals surface area contributed by atoms with Gasteiger partial charge in [0.05, 0.1) is 25.0 Å². The monoisotopic (exact) mass is 453 g/mol. The summed E-state index contributed by atoms with van der Waals surface area (Å²) in [6.07, 6.45) is 5.13. The Balaban J connectivity index is 0.00000160. The Morgan fingerprint density at radius 2 is 1.87 bits per heavy atom. The smallest absolute Gasteiger partial charge is 0.137 e. The molecular formula is C22H29Cl2N3O3. The number of nitrogens with zero attached hydrogens (tertiary/aromatic N) is 2. The third kappa shape index (κ3) is 5.25. The lowest BCUT2D eigenvalue weighted by molar-refractivity contribution is 0.0438. The van der Waals surface area contributed by atoms with Crippen molar-refractivity contribution in [3.63, 3.8) is 0 Å². The van der Waals surface area contributed by atoms with E-state index in [1.54, 1.807) is 12.4 Å². The molecule has 0 bridgehead atoms. The average molecular weight is 454 g/mol. The second-order valence-electron chi connectivity index (χ2n) is 7.91. The highest BCUT2D eigenvalue weighted by molar-refractivity contribution is 5.85. The summed E-state index contributed by atoms with van der Waals surface area (Å²) in [4.78, 5) is 4.07. The molecule has 4 rings (SSSR count). The maximum atomic E-state index is 10.1. The number of nitrogens with one attached hydrogen (secondary N) is 1. The summed E-state index contributed by atoms with van der Waals surface area (Å²) >= 11 is 0. The van der Waals surface area contributed by atoms with Crippen molar-refractivity contribution in [1.82, 2.24) is 14.9 Å². The van der Waals surface area contributed by atoms with Gasteiger partial charge in [0.2, 0.25) is 0 Å². The van der Waals surface area contributed by atoms with E-state index in [1.165, 1.54) is 16.5 Å². The molecule has 1 saturated carbocycles. The molecule has 6 nitrogen and oxygen atoms in total. The first-order valence-corrected chi connectivity index (χ1v) is 9.69. The van der Waals surface area contributed by atoms with Crippen LogP contribution in [0.5, 0.6) is 5.75 Å². The van der Waals surface area contributed by atoms with Crippen LogP contribution in [0.15, 0.2) is 55.0 Å². The highest BCUT2D eigenvalue weighted by atomic mass is 35.5. The zero-order chi connectivity index (χ0) is 19.6. The van der Waals surface area contributed by atoms with Crippen LogP contribution in [0.25, 0.3) is 10.9 Å². The average Bonchev–Trinajstić information content (AvgIpc) is 3.18. The van der Waals surface area contributed by atoms with Gasteiger partial charge in [-0.3, -0.25) is 4.98 Å². The number of hydrogen-bond acceptors (Lipinski definition) is 5. The molecule has 0 saturated heterocycles. The molecule has 0 amide bonds. The Hall–Kier alpha value is -1.83. The van der Waals surface area contributed by atoms with Gasteiger partial charge in [-0.2, -0.15) is 0 Å². The Labute approximate surface area is 189 Å². The fourth-order valence-corrected chi connectivity index (χ4v) is 4.25. The molecule has 164 valence electrons. The molecule has 1 aliphatic rings. The Morgan fingerprint density at radius 1 is 1.13 bits per heavy atom. The van der Waals surface area contributed by atoms with Crippen molar-refractivity contribution < 1.29 is 14.9 Å². The van der Waals surface area contributed by atoms with Crippen LogP contribution in [0.2, 0.25) is 0 Å². The summed E-state index contributed by atoms with van der Waals surface area (Å²) in [6, 6.07) is 12.1. The molecule has 30 heavy (non-hydrogen) atoms. The lowest BCUT2D eigenvalue weighted by atomic mass is 9.86. The zero-order valence-electron chi connectivity index (χ0n) is 16.9. The summed E-state index contributed by atoms with van der Waals surface area (Å²) in [5, 5.41) is 25.1. The number of aliphatic hydroxyl groups is 2. The van der Waals surface area contributed by atoms with E-state index < -0.39 is 12.2 Å². The maximum absolute atomic E-state index is 10.1. The lowest BCUT2D eigenvalue weighted by Gasteiger charge is -2.29. The van der Waals surface area contributed by atoms with Crippen LogP contribution >= 0.6 is 24.8 Å². The molecule has 3 atom stereocenters. The predicted octanol–water partition coefficient (Wildman–Crippen LogP) is 3.09. The second kappa shape index (κ2) is 10.5. The molecule has 3 N–H and O–H groups in total. The minimum absolute atomic E-state index is 0. The fourth-order valence-electron chi connectivity index (χ4n) is 4.25. The predicted molar refractivity (Wildman–Crippen MR) is 123 cm³/mol. The van der Waals surface area contributed by atoms with E-state index in [4.69, 9.17) is 4.74 Å². The van der Waals surface area contributed by atoms with Crippen LogP contribution in [0.3, 0.4) is 0 Å². The van der Waals surface area contributed by atoms with Crippen molar-refractivity contribution in [1.29, 1.82) is 0 Å². The molecule has 2 heterocycles. The number of rotatable bonds is 7. The minimum atomic E-state index is -0.711. The number of fused-ring (bicyclic) bond motifs is 1. The van der Waals surface area contributed by atoms with E-state index in [1.807, 2.05) is 18.2 Å². The fraction of sp³-hybridized carbons (Fsp3) is 0.409. The lowest BCUT2D eigenvalue weighted by Crippen LogP contribution is -2.37. The number of ether oxygens (including phenoxy) is 1. The number of para-hydroxylation sites is 1. The summed E-state index contributed by atoms with van der Waals surface area (Å²) < 4.78 is 8.07. The zero-order valence-corrected chi connectivity index (χ0v) is 18.5. The molecule has 0 radical (unpaired) electrons. The summed E-state index contributed by atoms with van der Waals surface area (Å²) in [7, 11) is 2.05. The summed E-state index contributed by atoms with van der Waals surface area (Å²) in [5.41, 5.74) is 2.13. The molecular weight excluding hydrogens is 425 g/mol. The SMILES string of the molecule is Cl.Cl.Cn1cc(CNCC2(COc3cccnc3)C[C@@H](O)[C@@H](O)C2)c2ccccc21. The van der Waals surface area contributed by atoms with Gasteiger partial charge in [0.25, 0.3) is 0 Å². The van der Waals surface area contributed by atoms with Crippen LogP contribution in [0.4, 0.5) is 0 Å². The van der Waals surface area contributed by atoms with E-state index in [-0.39, 0.29) is 30.2 Å². The minimum Gasteiger partial charge on any atom is -0.491 e. The largest absolute Gasteiger partial charge is 0.491 e. The molecule has 2 aromatic heterocycles. The molecule has 0 spiro atoms. The number of aromatic nitrogens is 2. The van der Waals surface area contributed by atoms with Crippen molar-refractivity contribution in [3.8, 4) is 5.75 Å². The van der Waals surface area contributed by atoms with E-state index >= 15 is 0 Å². The standard InChI is InChI=1S/C22H27N3O3.2ClH/c1-25-13-16(18-6-2-3-7-19(18)25)11-24-14-22(9-20(26)21(27)10-22)15-28-17-5-4-8-23-12-17;;/h2-8,12-13,20-21,24,26-27H,9-11,14-15H2,1H3;2*1H/t20-,21+,22?;;. The maximum Gasteiger partial charge on any atom is 0.137 e. The number of aliphatic hydroxyl groups excluding tert-OH is 2. The molecule has 8 heteroatoms. The van der Waals surface area contributed by atoms with Crippen molar-refractivity contribution in [2.45, 2.75) is 31.6 Å². The Bertz CT molecular complexity index is 926. The van der Waals surface area contributed by atoms with Crippen LogP contribution in [-0.4, -0.2) is 45.1 Å². The topological polar surface area (TPSA) is 79.5 Å². The third-order valence-corrected chi connectivity index (χ3v) is 5.70. The first kappa shape index (κ1) is 24.4. The quantitative estimate of drug-likeness (QED) is 0.512. The van der Waals surface area contributed by atoms with E-state index in [0.717, 1.165) is 6.54 Å². The van der Waals surface area contributed by atoms with Crippen LogP contribution < -0.4 is 10.1 Å². The van der Waals surface area contributed by atoms with Gasteiger partial charge in [0.1, 0.15) is 5.75 Å². The molecule has 0 aliphatic heterocycles. The van der Waals surface area contributed by atoms with Gasteiger partial charge in [0, 0.05) is 48.8 Å². The van der Waals surface area contributed by atoms with E-state index in [9.17, 15) is 10.2 Å². The van der Waals surface area contributed by atoms with Gasteiger partial charge in [0.15, 0.2) is 0 Å². The van der Waals surface area contributed by atoms with Gasteiger partial charge in [-0.25, -0.2) is 0 Å². The summed E-state index contributed by atoms with van der Waals surface area (Å²) in [6.45, 7) is 1.81. The number of pyridine rings is 1. The Morgan fingerprint density at radius 3 is 2.57 bits per heavy atom. The van der Waals surface area contributed by atoms with Crippen molar-refractivity contribution in [2.24, 2.45) is 12.5 Å². The highest BCUT2D eigenvalue weighted by Crippen LogP contribution is 2.38. The number of benzene rings is 1. The Kier molecular flexibility index (Phi) is 8.52. The molecule has 3 aromatic rings. The molecule has 1 aliphatic carbocycles. The van der Waals surface area contributed by atoms with Crippen LogP contribution in [0, 0.1) is 5.41 Å². The van der Waals surface area contributed by atoms with Gasteiger partial charge in [-0.1, -0.05) is 18.2 Å². The van der Waals surface area contributed by atoms with E-state index in [0.29, 0.717) is 31.7 Å². The second-order valence-corrected chi connectivity index (χ2v) is 7.91. The van der Waals surface area contributed by atoms with Crippen molar-refractivity contribution in [3.05, 3.63) is 60.6 Å². The molecule has 1 fully saturated rings. The van der Waals surface area contributed by atoms with Gasteiger partial charge in [-0.05, 0) is 36.6 Å². The first-order valence-electron chi connectivity index (χ1n) is 9.69. The normalized spacial score (nSPS) is 23.0. The molecule has 1 aromatic carbocycles. The van der Waals surface area contributed by atoms with Gasteiger partial charge < -0.3 is 24.8 Å². The van der Waals surface area contributed by atoms with E-state index in [2.05, 4.69) is 46.3 Å². The van der Waals surface area contributed by atoms with Crippen molar-refractivity contribution in [2.75, 3.05) is 13.2 Å². The van der Waals surface area contributed by atoms with Gasteiger partial charge in [-0.15, -0.1) is 24.8 Å². The third-order valence-electron chi connectivity index (χ3n) is 5.70. The highest BCUT2D eigenvalue weighted by Gasteiger charge is 2.44. The van der Waals surface area contributed by atoms with Crippen LogP contribution in [0.1, 0.15) is 18.4 Å². The van der Waals surface area contributed by atoms with Crippen LogP contribution in [-0.2, 0) is 13.6 Å².